The predicted molar refractivity (Wildman–Crippen MR) is 75.8 cm³/mol. The van der Waals surface area contributed by atoms with Gasteiger partial charge in [0.15, 0.2) is 0 Å². The van der Waals surface area contributed by atoms with E-state index in [0.717, 1.165) is 0 Å². The third-order valence-corrected chi connectivity index (χ3v) is 4.09. The molecule has 0 aliphatic carbocycles. The Kier molecular flexibility index (Phi) is 6.60. The second-order valence-corrected chi connectivity index (χ2v) is 5.91. The molecule has 1 aromatic rings. The first-order chi connectivity index (χ1) is 9.86. The number of hydrogen-bond donors (Lipinski definition) is 2. The van der Waals surface area contributed by atoms with Gasteiger partial charge >= 0.3 is 5.97 Å². The van der Waals surface area contributed by atoms with E-state index in [1.54, 1.807) is 0 Å². The molecule has 0 aromatic heterocycles. The average molecular weight is 317 g/mol. The van der Waals surface area contributed by atoms with Gasteiger partial charge in [-0.1, -0.05) is 0 Å². The van der Waals surface area contributed by atoms with Gasteiger partial charge < -0.3 is 14.6 Å². The molecule has 0 spiro atoms. The van der Waals surface area contributed by atoms with Crippen LogP contribution in [0.25, 0.3) is 0 Å². The molecule has 0 amide bonds. The Balaban J connectivity index is 2.66. The lowest BCUT2D eigenvalue weighted by atomic mass is 10.3. The van der Waals surface area contributed by atoms with Crippen molar-refractivity contribution in [2.45, 2.75) is 24.8 Å². The smallest absolute Gasteiger partial charge is 0.321 e. The van der Waals surface area contributed by atoms with Crippen molar-refractivity contribution in [3.8, 4) is 5.75 Å². The van der Waals surface area contributed by atoms with Crippen LogP contribution in [0.1, 0.15) is 13.8 Å². The van der Waals surface area contributed by atoms with Gasteiger partial charge in [0.25, 0.3) is 0 Å². The lowest BCUT2D eigenvalue weighted by molar-refractivity contribution is -0.138. The van der Waals surface area contributed by atoms with E-state index in [1.165, 1.54) is 31.2 Å². The molecule has 7 nitrogen and oxygen atoms in total. The minimum absolute atomic E-state index is 0.0206. The Labute approximate surface area is 123 Å². The Bertz CT molecular complexity index is 555. The summed E-state index contributed by atoms with van der Waals surface area (Å²) in [5, 5.41) is 8.72. The topological polar surface area (TPSA) is 102 Å². The van der Waals surface area contributed by atoms with Crippen molar-refractivity contribution in [3.05, 3.63) is 24.3 Å². The van der Waals surface area contributed by atoms with E-state index in [4.69, 9.17) is 14.6 Å². The molecule has 2 N–H and O–H groups in total. The molecular formula is C13H19NO6S. The van der Waals surface area contributed by atoms with Crippen LogP contribution in [0.3, 0.4) is 0 Å². The highest BCUT2D eigenvalue weighted by molar-refractivity contribution is 7.89. The van der Waals surface area contributed by atoms with Crippen molar-refractivity contribution in [1.82, 2.24) is 4.72 Å². The lowest BCUT2D eigenvalue weighted by Gasteiger charge is -2.11. The highest BCUT2D eigenvalue weighted by Crippen LogP contribution is 2.16. The highest BCUT2D eigenvalue weighted by Gasteiger charge is 2.21. The third kappa shape index (κ3) is 5.70. The summed E-state index contributed by atoms with van der Waals surface area (Å²) in [5.41, 5.74) is 0. The summed E-state index contributed by atoms with van der Waals surface area (Å²) in [6.07, 6.45) is 0. The number of carbonyl (C=O) groups is 1. The third-order valence-electron chi connectivity index (χ3n) is 2.54. The SMILES string of the molecule is CCOCCOc1ccc(S(=O)(=O)NC(C)C(=O)O)cc1. The van der Waals surface area contributed by atoms with E-state index in [2.05, 4.69) is 4.72 Å². The van der Waals surface area contributed by atoms with Crippen molar-refractivity contribution in [3.63, 3.8) is 0 Å². The van der Waals surface area contributed by atoms with Crippen molar-refractivity contribution in [2.75, 3.05) is 19.8 Å². The number of benzene rings is 1. The minimum Gasteiger partial charge on any atom is -0.491 e. The molecule has 0 aliphatic rings. The molecular weight excluding hydrogens is 298 g/mol. The molecule has 1 aromatic carbocycles. The summed E-state index contributed by atoms with van der Waals surface area (Å²) in [5.74, 6) is -0.727. The zero-order chi connectivity index (χ0) is 15.9. The molecule has 0 saturated carbocycles. The maximum absolute atomic E-state index is 11.9. The molecule has 0 bridgehead atoms. The van der Waals surface area contributed by atoms with Gasteiger partial charge in [-0.3, -0.25) is 4.79 Å². The Morgan fingerprint density at radius 2 is 1.90 bits per heavy atom. The first-order valence-corrected chi connectivity index (χ1v) is 7.91. The first-order valence-electron chi connectivity index (χ1n) is 6.42. The van der Waals surface area contributed by atoms with Crippen LogP contribution in [0.4, 0.5) is 0 Å². The van der Waals surface area contributed by atoms with E-state index in [0.29, 0.717) is 25.6 Å². The van der Waals surface area contributed by atoms with Crippen molar-refractivity contribution < 1.29 is 27.8 Å². The summed E-state index contributed by atoms with van der Waals surface area (Å²) in [6.45, 7) is 4.56. The molecule has 0 radical (unpaired) electrons. The van der Waals surface area contributed by atoms with Gasteiger partial charge in [-0.25, -0.2) is 8.42 Å². The Morgan fingerprint density at radius 1 is 1.29 bits per heavy atom. The van der Waals surface area contributed by atoms with Crippen LogP contribution in [0.15, 0.2) is 29.2 Å². The number of carboxylic acids is 1. The van der Waals surface area contributed by atoms with Gasteiger partial charge in [0.2, 0.25) is 10.0 Å². The van der Waals surface area contributed by atoms with E-state index in [9.17, 15) is 13.2 Å². The van der Waals surface area contributed by atoms with E-state index < -0.39 is 22.0 Å². The molecule has 8 heteroatoms. The first kappa shape index (κ1) is 17.4. The largest absolute Gasteiger partial charge is 0.491 e. The number of hydrogen-bond acceptors (Lipinski definition) is 5. The number of ether oxygens (including phenoxy) is 2. The molecule has 0 saturated heterocycles. The Hall–Kier alpha value is -1.64. The van der Waals surface area contributed by atoms with Crippen LogP contribution < -0.4 is 9.46 Å². The average Bonchev–Trinajstić information content (AvgIpc) is 2.43. The van der Waals surface area contributed by atoms with Crippen LogP contribution in [0, 0.1) is 0 Å². The van der Waals surface area contributed by atoms with E-state index in [-0.39, 0.29) is 4.90 Å². The normalized spacial score (nSPS) is 12.9. The number of aliphatic carboxylic acids is 1. The van der Waals surface area contributed by atoms with E-state index >= 15 is 0 Å². The fourth-order valence-electron chi connectivity index (χ4n) is 1.43. The van der Waals surface area contributed by atoms with Gasteiger partial charge in [0.1, 0.15) is 18.4 Å². The second-order valence-electron chi connectivity index (χ2n) is 4.20. The lowest BCUT2D eigenvalue weighted by Crippen LogP contribution is -2.38. The second kappa shape index (κ2) is 7.96. The fraction of sp³-hybridized carbons (Fsp3) is 0.462. The molecule has 0 aliphatic heterocycles. The van der Waals surface area contributed by atoms with Crippen LogP contribution in [0.2, 0.25) is 0 Å². The van der Waals surface area contributed by atoms with Crippen LogP contribution in [0.5, 0.6) is 5.75 Å². The van der Waals surface area contributed by atoms with Gasteiger partial charge in [0, 0.05) is 6.61 Å². The molecule has 1 unspecified atom stereocenters. The molecule has 1 rings (SSSR count). The molecule has 1 atom stereocenters. The zero-order valence-corrected chi connectivity index (χ0v) is 12.7. The number of rotatable bonds is 9. The molecule has 0 heterocycles. The van der Waals surface area contributed by atoms with E-state index in [1.807, 2.05) is 6.92 Å². The summed E-state index contributed by atoms with van der Waals surface area (Å²) >= 11 is 0. The summed E-state index contributed by atoms with van der Waals surface area (Å²) < 4.78 is 36.4. The van der Waals surface area contributed by atoms with Gasteiger partial charge in [-0.2, -0.15) is 4.72 Å². The maximum atomic E-state index is 11.9. The van der Waals surface area contributed by atoms with Crippen molar-refractivity contribution in [1.29, 1.82) is 0 Å². The maximum Gasteiger partial charge on any atom is 0.321 e. The predicted octanol–water partition coefficient (Wildman–Crippen LogP) is 0.853. The van der Waals surface area contributed by atoms with Crippen LogP contribution >= 0.6 is 0 Å². The van der Waals surface area contributed by atoms with Crippen LogP contribution in [-0.4, -0.2) is 45.4 Å². The molecule has 0 fully saturated rings. The van der Waals surface area contributed by atoms with Crippen molar-refractivity contribution >= 4 is 16.0 Å². The fourth-order valence-corrected chi connectivity index (χ4v) is 2.63. The quantitative estimate of drug-likeness (QED) is 0.655. The summed E-state index contributed by atoms with van der Waals surface area (Å²) in [6, 6.07) is 4.52. The van der Waals surface area contributed by atoms with Gasteiger partial charge in [0.05, 0.1) is 11.5 Å². The van der Waals surface area contributed by atoms with Gasteiger partial charge in [-0.15, -0.1) is 0 Å². The highest BCUT2D eigenvalue weighted by atomic mass is 32.2. The number of sulfonamides is 1. The molecule has 21 heavy (non-hydrogen) atoms. The Morgan fingerprint density at radius 3 is 2.43 bits per heavy atom. The number of nitrogens with one attached hydrogen (secondary N) is 1. The number of carboxylic acid groups (broad SMARTS) is 1. The monoisotopic (exact) mass is 317 g/mol. The van der Waals surface area contributed by atoms with Crippen LogP contribution in [-0.2, 0) is 19.6 Å². The van der Waals surface area contributed by atoms with Crippen molar-refractivity contribution in [2.24, 2.45) is 0 Å². The summed E-state index contributed by atoms with van der Waals surface area (Å²) in [7, 11) is -3.86. The minimum atomic E-state index is -3.86. The standard InChI is InChI=1S/C13H19NO6S/c1-3-19-8-9-20-11-4-6-12(7-5-11)21(17,18)14-10(2)13(15)16/h4-7,10,14H,3,8-9H2,1-2H3,(H,15,16). The summed E-state index contributed by atoms with van der Waals surface area (Å²) in [4.78, 5) is 10.7. The molecule has 118 valence electrons. The van der Waals surface area contributed by atoms with Gasteiger partial charge in [-0.05, 0) is 38.1 Å². The zero-order valence-electron chi connectivity index (χ0n) is 11.9.